The molecule has 1 atom stereocenters. The second-order valence-corrected chi connectivity index (χ2v) is 11.6. The number of carbonyl (C=O) groups excluding carboxylic acids is 1. The molecule has 0 aromatic carbocycles. The molecule has 0 saturated heterocycles. The molecule has 4 nitrogen and oxygen atoms in total. The Bertz CT molecular complexity index is 774. The van der Waals surface area contributed by atoms with E-state index in [-0.39, 0.29) is 19.2 Å². The van der Waals surface area contributed by atoms with Crippen LogP contribution in [0.4, 0.5) is 0 Å². The van der Waals surface area contributed by atoms with E-state index in [0.717, 1.165) is 64.2 Å². The number of rotatable bonds is 32. The third kappa shape index (κ3) is 34.3. The fourth-order valence-corrected chi connectivity index (χ4v) is 4.62. The van der Waals surface area contributed by atoms with Gasteiger partial charge < -0.3 is 14.6 Å². The fraction of sp³-hybridized carbons (Fsp3) is 0.675. The Kier molecular flexibility index (Phi) is 35.2. The molecule has 0 spiro atoms. The Morgan fingerprint density at radius 3 is 1.55 bits per heavy atom. The maximum atomic E-state index is 12.0. The van der Waals surface area contributed by atoms with Crippen LogP contribution in [0.2, 0.25) is 0 Å². The highest BCUT2D eigenvalue weighted by Gasteiger charge is 2.13. The molecular weight excluding hydrogens is 544 g/mol. The molecule has 4 heteroatoms. The molecule has 0 aliphatic heterocycles. The van der Waals surface area contributed by atoms with E-state index < -0.39 is 6.10 Å². The Labute approximate surface area is 272 Å². The monoisotopic (exact) mass is 613 g/mol. The Morgan fingerprint density at radius 2 is 1.02 bits per heavy atom. The van der Waals surface area contributed by atoms with Crippen molar-refractivity contribution in [3.8, 4) is 0 Å². The van der Waals surface area contributed by atoms with Crippen molar-refractivity contribution < 1.29 is 19.4 Å². The summed E-state index contributed by atoms with van der Waals surface area (Å²) in [5.41, 5.74) is 0. The zero-order valence-electron chi connectivity index (χ0n) is 28.6. The molecule has 1 unspecified atom stereocenters. The minimum atomic E-state index is -0.538. The minimum absolute atomic E-state index is 0.180. The standard InChI is InChI=1S/C40H68O4/c1-3-5-7-9-11-12-13-14-15-16-17-18-19-20-21-22-23-24-25-26-27-28-29-30-32-34-36-43-38-39(37-41)44-40(42)35-33-31-10-8-6-4-2/h5,7,11-12,14-15,17-18,20-21,23-24,39,41H,3-4,6,8-10,13,16,19,22,25-38H2,1-2H3/b7-5-,12-11-,15-14-,18-17-,21-20-,24-23-. The van der Waals surface area contributed by atoms with E-state index in [4.69, 9.17) is 9.47 Å². The van der Waals surface area contributed by atoms with Crippen LogP contribution >= 0.6 is 0 Å². The van der Waals surface area contributed by atoms with Gasteiger partial charge in [0.2, 0.25) is 0 Å². The molecule has 0 radical (unpaired) electrons. The number of allylic oxidation sites excluding steroid dienone is 12. The Balaban J connectivity index is 3.49. The van der Waals surface area contributed by atoms with Gasteiger partial charge in [-0.3, -0.25) is 4.79 Å². The number of esters is 1. The van der Waals surface area contributed by atoms with Crippen LogP contribution in [0.5, 0.6) is 0 Å². The molecule has 0 aliphatic rings. The number of hydrogen-bond donors (Lipinski definition) is 1. The smallest absolute Gasteiger partial charge is 0.306 e. The summed E-state index contributed by atoms with van der Waals surface area (Å²) in [7, 11) is 0. The van der Waals surface area contributed by atoms with Crippen LogP contribution < -0.4 is 0 Å². The topological polar surface area (TPSA) is 55.8 Å². The summed E-state index contributed by atoms with van der Waals surface area (Å²) in [4.78, 5) is 12.0. The lowest BCUT2D eigenvalue weighted by Crippen LogP contribution is -2.27. The predicted octanol–water partition coefficient (Wildman–Crippen LogP) is 11.5. The van der Waals surface area contributed by atoms with E-state index in [2.05, 4.69) is 86.8 Å². The Hall–Kier alpha value is -2.17. The van der Waals surface area contributed by atoms with Crippen molar-refractivity contribution >= 4 is 5.97 Å². The summed E-state index contributed by atoms with van der Waals surface area (Å²) in [6, 6.07) is 0. The second-order valence-electron chi connectivity index (χ2n) is 11.6. The maximum Gasteiger partial charge on any atom is 0.306 e. The van der Waals surface area contributed by atoms with Crippen molar-refractivity contribution in [2.24, 2.45) is 0 Å². The number of unbranched alkanes of at least 4 members (excludes halogenated alkanes) is 12. The SMILES string of the molecule is CC/C=C\C/C=C\C/C=C\C/C=C\C/C=C\C/C=C\CCCCCCCCCOCC(CO)OC(=O)CCCCCCCC. The van der Waals surface area contributed by atoms with Gasteiger partial charge in [0.05, 0.1) is 13.2 Å². The summed E-state index contributed by atoms with van der Waals surface area (Å²) in [6.07, 6.45) is 49.6. The molecule has 252 valence electrons. The number of carbonyl (C=O) groups is 1. The summed E-state index contributed by atoms with van der Waals surface area (Å²) in [5, 5.41) is 9.47. The lowest BCUT2D eigenvalue weighted by molar-refractivity contribution is -0.154. The highest BCUT2D eigenvalue weighted by molar-refractivity contribution is 5.69. The van der Waals surface area contributed by atoms with Crippen LogP contribution in [-0.4, -0.2) is 37.0 Å². The van der Waals surface area contributed by atoms with E-state index in [1.165, 1.54) is 64.2 Å². The van der Waals surface area contributed by atoms with Crippen LogP contribution in [0.1, 0.15) is 149 Å². The zero-order valence-corrected chi connectivity index (χ0v) is 28.6. The lowest BCUT2D eigenvalue weighted by atomic mass is 10.1. The molecule has 0 bridgehead atoms. The first-order chi connectivity index (χ1) is 21.7. The summed E-state index contributed by atoms with van der Waals surface area (Å²) in [6.45, 7) is 5.13. The number of hydrogen-bond acceptors (Lipinski definition) is 4. The van der Waals surface area contributed by atoms with Gasteiger partial charge in [-0.05, 0) is 64.2 Å². The van der Waals surface area contributed by atoms with Crippen LogP contribution in [0.3, 0.4) is 0 Å². The number of ether oxygens (including phenoxy) is 2. The van der Waals surface area contributed by atoms with Crippen molar-refractivity contribution in [3.05, 3.63) is 72.9 Å². The van der Waals surface area contributed by atoms with Gasteiger partial charge in [-0.2, -0.15) is 0 Å². The summed E-state index contributed by atoms with van der Waals surface area (Å²) >= 11 is 0. The fourth-order valence-electron chi connectivity index (χ4n) is 4.62. The van der Waals surface area contributed by atoms with Gasteiger partial charge in [0.1, 0.15) is 6.10 Å². The van der Waals surface area contributed by atoms with Crippen LogP contribution in [-0.2, 0) is 14.3 Å². The molecule has 0 heterocycles. The molecule has 0 aliphatic carbocycles. The largest absolute Gasteiger partial charge is 0.457 e. The van der Waals surface area contributed by atoms with Gasteiger partial charge in [-0.1, -0.05) is 151 Å². The molecule has 0 rings (SSSR count). The van der Waals surface area contributed by atoms with Crippen molar-refractivity contribution in [1.82, 2.24) is 0 Å². The maximum absolute atomic E-state index is 12.0. The zero-order chi connectivity index (χ0) is 32.0. The van der Waals surface area contributed by atoms with Gasteiger partial charge in [0, 0.05) is 13.0 Å². The molecule has 0 aromatic heterocycles. The molecule has 44 heavy (non-hydrogen) atoms. The van der Waals surface area contributed by atoms with Crippen LogP contribution in [0.15, 0.2) is 72.9 Å². The van der Waals surface area contributed by atoms with E-state index in [0.29, 0.717) is 13.0 Å². The molecule has 0 saturated carbocycles. The average molecular weight is 613 g/mol. The first-order valence-electron chi connectivity index (χ1n) is 18.0. The highest BCUT2D eigenvalue weighted by atomic mass is 16.6. The van der Waals surface area contributed by atoms with Crippen molar-refractivity contribution in [2.75, 3.05) is 19.8 Å². The van der Waals surface area contributed by atoms with Crippen molar-refractivity contribution in [2.45, 2.75) is 155 Å². The highest BCUT2D eigenvalue weighted by Crippen LogP contribution is 2.11. The third-order valence-corrected chi connectivity index (χ3v) is 7.30. The molecule has 1 N–H and O–H groups in total. The third-order valence-electron chi connectivity index (χ3n) is 7.30. The van der Waals surface area contributed by atoms with Crippen LogP contribution in [0, 0.1) is 0 Å². The lowest BCUT2D eigenvalue weighted by Gasteiger charge is -2.15. The van der Waals surface area contributed by atoms with E-state index in [1.54, 1.807) is 0 Å². The quantitative estimate of drug-likeness (QED) is 0.0466. The van der Waals surface area contributed by atoms with Gasteiger partial charge in [-0.25, -0.2) is 0 Å². The van der Waals surface area contributed by atoms with Gasteiger partial charge in [0.15, 0.2) is 0 Å². The Morgan fingerprint density at radius 1 is 0.568 bits per heavy atom. The second kappa shape index (κ2) is 37.0. The first kappa shape index (κ1) is 41.8. The normalized spacial score (nSPS) is 13.2. The summed E-state index contributed by atoms with van der Waals surface area (Å²) in [5.74, 6) is -0.219. The van der Waals surface area contributed by atoms with Gasteiger partial charge in [0.25, 0.3) is 0 Å². The van der Waals surface area contributed by atoms with Crippen molar-refractivity contribution in [1.29, 1.82) is 0 Å². The molecule has 0 fully saturated rings. The van der Waals surface area contributed by atoms with Crippen LogP contribution in [0.25, 0.3) is 0 Å². The van der Waals surface area contributed by atoms with E-state index >= 15 is 0 Å². The van der Waals surface area contributed by atoms with E-state index in [9.17, 15) is 9.90 Å². The average Bonchev–Trinajstić information content (AvgIpc) is 3.03. The summed E-state index contributed by atoms with van der Waals surface area (Å²) < 4.78 is 11.0. The van der Waals surface area contributed by atoms with E-state index in [1.807, 2.05) is 0 Å². The molecule has 0 amide bonds. The minimum Gasteiger partial charge on any atom is -0.457 e. The van der Waals surface area contributed by atoms with Crippen molar-refractivity contribution in [3.63, 3.8) is 0 Å². The number of aliphatic hydroxyl groups is 1. The van der Waals surface area contributed by atoms with Gasteiger partial charge in [-0.15, -0.1) is 0 Å². The predicted molar refractivity (Wildman–Crippen MR) is 191 cm³/mol. The van der Waals surface area contributed by atoms with Gasteiger partial charge >= 0.3 is 5.97 Å². The number of aliphatic hydroxyl groups excluding tert-OH is 1. The molecular formula is C40H68O4. The molecule has 0 aromatic rings. The first-order valence-corrected chi connectivity index (χ1v) is 18.0.